The van der Waals surface area contributed by atoms with Crippen molar-refractivity contribution in [1.82, 2.24) is 19.9 Å². The van der Waals surface area contributed by atoms with E-state index in [0.717, 1.165) is 36.6 Å². The van der Waals surface area contributed by atoms with Crippen LogP contribution in [0.1, 0.15) is 36.1 Å². The van der Waals surface area contributed by atoms with Crippen LogP contribution in [0, 0.1) is 5.92 Å². The third kappa shape index (κ3) is 5.04. The fraction of sp³-hybridized carbons (Fsp3) is 0.583. The molecule has 2 saturated heterocycles. The van der Waals surface area contributed by atoms with Crippen molar-refractivity contribution in [3.8, 4) is 5.88 Å². The first kappa shape index (κ1) is 24.5. The van der Waals surface area contributed by atoms with Gasteiger partial charge in [0, 0.05) is 63.3 Å². The molecule has 0 aromatic carbocycles. The smallest absolute Gasteiger partial charge is 0.421 e. The molecule has 36 heavy (non-hydrogen) atoms. The van der Waals surface area contributed by atoms with Crippen LogP contribution in [0.5, 0.6) is 5.88 Å². The zero-order valence-corrected chi connectivity index (χ0v) is 20.1. The lowest BCUT2D eigenvalue weighted by molar-refractivity contribution is -0.139. The highest BCUT2D eigenvalue weighted by molar-refractivity contribution is 5.79. The van der Waals surface area contributed by atoms with Crippen molar-refractivity contribution in [3.63, 3.8) is 0 Å². The molecule has 9 nitrogen and oxygen atoms in total. The molecule has 2 aromatic heterocycles. The van der Waals surface area contributed by atoms with E-state index in [4.69, 9.17) is 9.47 Å². The summed E-state index contributed by atoms with van der Waals surface area (Å²) in [6.45, 7) is 3.39. The molecular formula is C24H29F3N6O3. The van der Waals surface area contributed by atoms with Crippen molar-refractivity contribution >= 4 is 17.4 Å². The van der Waals surface area contributed by atoms with E-state index in [1.165, 1.54) is 19.6 Å². The van der Waals surface area contributed by atoms with Crippen LogP contribution in [-0.2, 0) is 28.7 Å². The number of rotatable bonds is 5. The molecule has 1 atom stereocenters. The first-order valence-corrected chi connectivity index (χ1v) is 12.2. The summed E-state index contributed by atoms with van der Waals surface area (Å²) in [5, 5.41) is 3.47. The van der Waals surface area contributed by atoms with Gasteiger partial charge in [-0.1, -0.05) is 0 Å². The number of pyridine rings is 1. The second-order valence-corrected chi connectivity index (χ2v) is 9.37. The Morgan fingerprint density at radius 2 is 1.97 bits per heavy atom. The number of anilines is 2. The highest BCUT2D eigenvalue weighted by atomic mass is 19.4. The van der Waals surface area contributed by atoms with Gasteiger partial charge in [-0.2, -0.15) is 13.2 Å². The Hall–Kier alpha value is -3.15. The first-order valence-electron chi connectivity index (χ1n) is 12.2. The van der Waals surface area contributed by atoms with Crippen molar-refractivity contribution in [1.29, 1.82) is 0 Å². The minimum absolute atomic E-state index is 0.0255. The maximum absolute atomic E-state index is 13.5. The summed E-state index contributed by atoms with van der Waals surface area (Å²) in [7, 11) is 1.17. The van der Waals surface area contributed by atoms with Gasteiger partial charge in [-0.3, -0.25) is 4.79 Å². The maximum Gasteiger partial charge on any atom is 0.421 e. The second-order valence-electron chi connectivity index (χ2n) is 9.37. The molecule has 2 aromatic rings. The molecule has 2 fully saturated rings. The second kappa shape index (κ2) is 10.1. The number of amides is 1. The average Bonchev–Trinajstić information content (AvgIpc) is 3.36. The number of fused-ring (bicyclic) bond motifs is 1. The lowest BCUT2D eigenvalue weighted by Crippen LogP contribution is -2.38. The number of nitrogens with one attached hydrogen (secondary N) is 1. The third-order valence-electron chi connectivity index (χ3n) is 7.11. The van der Waals surface area contributed by atoms with Crippen molar-refractivity contribution < 1.29 is 27.4 Å². The number of carbonyl (C=O) groups excluding carboxylic acids is 1. The molecule has 0 aliphatic carbocycles. The fourth-order valence-corrected chi connectivity index (χ4v) is 5.14. The molecule has 5 heterocycles. The Labute approximate surface area is 207 Å². The number of carbonyl (C=O) groups is 1. The van der Waals surface area contributed by atoms with Gasteiger partial charge in [0.15, 0.2) is 0 Å². The van der Waals surface area contributed by atoms with E-state index >= 15 is 0 Å². The van der Waals surface area contributed by atoms with Crippen LogP contribution in [0.15, 0.2) is 18.6 Å². The molecule has 12 heteroatoms. The van der Waals surface area contributed by atoms with Crippen LogP contribution in [0.3, 0.4) is 0 Å². The van der Waals surface area contributed by atoms with Crippen LogP contribution < -0.4 is 15.0 Å². The monoisotopic (exact) mass is 506 g/mol. The predicted molar refractivity (Wildman–Crippen MR) is 125 cm³/mol. The standard InChI is InChI=1S/C24H29F3N6O3/c1-35-22-19(24(25,26)27)10-17(11-28-22)32-7-3-20-18(13-32)21(30-14-29-20)31-16-2-6-33(12-16)23(34)15-4-8-36-9-5-15/h10-11,14-16H,2-9,12-13H2,1H3,(H,29,30,31). The number of nitrogens with zero attached hydrogens (tertiary/aromatic N) is 5. The van der Waals surface area contributed by atoms with Gasteiger partial charge in [-0.25, -0.2) is 15.0 Å². The molecule has 0 bridgehead atoms. The Bertz CT molecular complexity index is 1110. The predicted octanol–water partition coefficient (Wildman–Crippen LogP) is 2.90. The van der Waals surface area contributed by atoms with Crippen LogP contribution >= 0.6 is 0 Å². The Morgan fingerprint density at radius 1 is 1.17 bits per heavy atom. The number of aromatic nitrogens is 3. The number of methoxy groups -OCH3 is 1. The van der Waals surface area contributed by atoms with Gasteiger partial charge in [0.1, 0.15) is 17.7 Å². The number of hydrogen-bond donors (Lipinski definition) is 1. The molecule has 3 aliphatic heterocycles. The largest absolute Gasteiger partial charge is 0.481 e. The van der Waals surface area contributed by atoms with Gasteiger partial charge in [0.25, 0.3) is 0 Å². The fourth-order valence-electron chi connectivity index (χ4n) is 5.14. The zero-order valence-electron chi connectivity index (χ0n) is 20.1. The van der Waals surface area contributed by atoms with E-state index in [2.05, 4.69) is 20.3 Å². The van der Waals surface area contributed by atoms with Crippen LogP contribution in [0.2, 0.25) is 0 Å². The van der Waals surface area contributed by atoms with Crippen molar-refractivity contribution in [2.24, 2.45) is 5.92 Å². The van der Waals surface area contributed by atoms with Gasteiger partial charge in [0.2, 0.25) is 11.8 Å². The number of alkyl halides is 3. The molecule has 194 valence electrons. The summed E-state index contributed by atoms with van der Waals surface area (Å²) in [5.74, 6) is 0.423. The van der Waals surface area contributed by atoms with Crippen molar-refractivity contribution in [2.45, 2.75) is 44.4 Å². The molecule has 1 N–H and O–H groups in total. The topological polar surface area (TPSA) is 92.7 Å². The Kier molecular flexibility index (Phi) is 6.87. The maximum atomic E-state index is 13.5. The van der Waals surface area contributed by atoms with E-state index < -0.39 is 17.6 Å². The van der Waals surface area contributed by atoms with Crippen LogP contribution in [0.4, 0.5) is 24.7 Å². The minimum Gasteiger partial charge on any atom is -0.481 e. The Balaban J connectivity index is 1.30. The quantitative estimate of drug-likeness (QED) is 0.662. The minimum atomic E-state index is -4.58. The Morgan fingerprint density at radius 3 is 2.72 bits per heavy atom. The van der Waals surface area contributed by atoms with Gasteiger partial charge < -0.3 is 24.6 Å². The lowest BCUT2D eigenvalue weighted by Gasteiger charge is -2.32. The van der Waals surface area contributed by atoms with Crippen molar-refractivity contribution in [3.05, 3.63) is 35.4 Å². The third-order valence-corrected chi connectivity index (χ3v) is 7.11. The average molecular weight is 507 g/mol. The molecule has 0 saturated carbocycles. The van der Waals surface area contributed by atoms with E-state index in [1.54, 1.807) is 0 Å². The SMILES string of the molecule is COc1ncc(N2CCc3ncnc(NC4CCN(C(=O)C5CCOCC5)C4)c3C2)cc1C(F)(F)F. The van der Waals surface area contributed by atoms with Gasteiger partial charge in [-0.05, 0) is 25.3 Å². The molecule has 5 rings (SSSR count). The summed E-state index contributed by atoms with van der Waals surface area (Å²) in [4.78, 5) is 29.4. The number of ether oxygens (including phenoxy) is 2. The molecule has 1 amide bonds. The van der Waals surface area contributed by atoms with Crippen LogP contribution in [-0.4, -0.2) is 71.8 Å². The molecular weight excluding hydrogens is 477 g/mol. The highest BCUT2D eigenvalue weighted by Gasteiger charge is 2.37. The molecule has 0 spiro atoms. The summed E-state index contributed by atoms with van der Waals surface area (Å²) in [6, 6.07) is 1.12. The van der Waals surface area contributed by atoms with Gasteiger partial charge >= 0.3 is 6.18 Å². The lowest BCUT2D eigenvalue weighted by atomic mass is 9.99. The number of hydrogen-bond acceptors (Lipinski definition) is 8. The van der Waals surface area contributed by atoms with E-state index in [-0.39, 0.29) is 17.9 Å². The van der Waals surface area contributed by atoms with Crippen molar-refractivity contribution in [2.75, 3.05) is 50.2 Å². The zero-order chi connectivity index (χ0) is 25.3. The molecule has 3 aliphatic rings. The number of halogens is 3. The van der Waals surface area contributed by atoms with Crippen LogP contribution in [0.25, 0.3) is 0 Å². The van der Waals surface area contributed by atoms with E-state index in [1.807, 2.05) is 9.80 Å². The normalized spacial score (nSPS) is 20.8. The summed E-state index contributed by atoms with van der Waals surface area (Å²) in [5.41, 5.74) is 1.17. The van der Waals surface area contributed by atoms with Gasteiger partial charge in [0.05, 0.1) is 24.7 Å². The van der Waals surface area contributed by atoms with E-state index in [0.29, 0.717) is 57.3 Å². The highest BCUT2D eigenvalue weighted by Crippen LogP contribution is 2.38. The summed E-state index contributed by atoms with van der Waals surface area (Å²) in [6.07, 6.45) is 1.22. The summed E-state index contributed by atoms with van der Waals surface area (Å²) < 4.78 is 50.7. The number of likely N-dealkylation sites (tertiary alicyclic amines) is 1. The molecule has 0 radical (unpaired) electrons. The first-order chi connectivity index (χ1) is 17.3. The van der Waals surface area contributed by atoms with Gasteiger partial charge in [-0.15, -0.1) is 0 Å². The summed E-state index contributed by atoms with van der Waals surface area (Å²) >= 11 is 0. The van der Waals surface area contributed by atoms with E-state index in [9.17, 15) is 18.0 Å². The molecule has 1 unspecified atom stereocenters.